The highest BCUT2D eigenvalue weighted by Crippen LogP contribution is 2.37. The highest BCUT2D eigenvalue weighted by atomic mass is 35.5. The fourth-order valence-corrected chi connectivity index (χ4v) is 3.49. The first-order valence-corrected chi connectivity index (χ1v) is 9.67. The van der Waals surface area contributed by atoms with Gasteiger partial charge >= 0.3 is 6.18 Å². The molecule has 1 unspecified atom stereocenters. The van der Waals surface area contributed by atoms with E-state index in [0.29, 0.717) is 10.7 Å². The maximum absolute atomic E-state index is 13.2. The minimum Gasteiger partial charge on any atom is -0.325 e. The summed E-state index contributed by atoms with van der Waals surface area (Å²) in [6.45, 7) is 1.53. The number of carbonyl (C=O) groups is 1. The Kier molecular flexibility index (Phi) is 6.35. The van der Waals surface area contributed by atoms with E-state index in [9.17, 15) is 18.0 Å². The molecule has 3 rings (SSSR count). The molecule has 0 saturated heterocycles. The predicted octanol–water partition coefficient (Wildman–Crippen LogP) is 5.11. The zero-order valence-corrected chi connectivity index (χ0v) is 16.9. The Morgan fingerprint density at radius 3 is 2.59 bits per heavy atom. The van der Waals surface area contributed by atoms with Gasteiger partial charge in [-0.2, -0.15) is 17.9 Å². The quantitative estimate of drug-likeness (QED) is 0.534. The lowest BCUT2D eigenvalue weighted by Gasteiger charge is -2.16. The third-order valence-electron chi connectivity index (χ3n) is 3.69. The number of anilines is 1. The Bertz CT molecular complexity index is 1040. The zero-order valence-electron chi connectivity index (χ0n) is 14.6. The molecule has 0 bridgehead atoms. The molecule has 3 aromatic rings. The second-order valence-electron chi connectivity index (χ2n) is 5.79. The summed E-state index contributed by atoms with van der Waals surface area (Å²) in [6, 6.07) is 9.89. The fourth-order valence-electron chi connectivity index (χ4n) is 2.33. The van der Waals surface area contributed by atoms with Crippen LogP contribution >= 0.6 is 35.0 Å². The first-order valence-electron chi connectivity index (χ1n) is 8.04. The van der Waals surface area contributed by atoms with Gasteiger partial charge in [0.05, 0.1) is 22.2 Å². The summed E-state index contributed by atoms with van der Waals surface area (Å²) in [5.41, 5.74) is -0.831. The topological polar surface area (TPSA) is 72.7 Å². The van der Waals surface area contributed by atoms with Crippen LogP contribution in [0.5, 0.6) is 0 Å². The summed E-state index contributed by atoms with van der Waals surface area (Å²) < 4.78 is 41.0. The van der Waals surface area contributed by atoms with Crippen LogP contribution in [0.15, 0.2) is 47.6 Å². The maximum atomic E-state index is 13.2. The molecule has 1 aromatic heterocycles. The van der Waals surface area contributed by atoms with Crippen molar-refractivity contribution >= 4 is 46.6 Å². The van der Waals surface area contributed by atoms with Crippen LogP contribution in [-0.4, -0.2) is 31.4 Å². The molecular formula is C17H12Cl2F3N5OS. The number of hydrogen-bond acceptors (Lipinski definition) is 5. The lowest BCUT2D eigenvalue weighted by molar-refractivity contribution is -0.137. The molecule has 0 aliphatic rings. The van der Waals surface area contributed by atoms with Crippen molar-refractivity contribution in [1.29, 1.82) is 0 Å². The highest BCUT2D eigenvalue weighted by Gasteiger charge is 2.34. The van der Waals surface area contributed by atoms with E-state index >= 15 is 0 Å². The number of hydrogen-bond donors (Lipinski definition) is 1. The summed E-state index contributed by atoms with van der Waals surface area (Å²) in [5, 5.41) is 13.5. The van der Waals surface area contributed by atoms with Gasteiger partial charge in [-0.05, 0) is 53.7 Å². The van der Waals surface area contributed by atoms with E-state index in [1.165, 1.54) is 17.7 Å². The molecule has 29 heavy (non-hydrogen) atoms. The number of thioether (sulfide) groups is 1. The minimum atomic E-state index is -4.67. The molecule has 152 valence electrons. The minimum absolute atomic E-state index is 0.0848. The molecule has 1 N–H and O–H groups in total. The van der Waals surface area contributed by atoms with Crippen molar-refractivity contribution in [3.63, 3.8) is 0 Å². The third kappa shape index (κ3) is 5.20. The number of nitrogens with zero attached hydrogens (tertiary/aromatic N) is 4. The predicted molar refractivity (Wildman–Crippen MR) is 105 cm³/mol. The molecule has 0 fully saturated rings. The van der Waals surface area contributed by atoms with Crippen LogP contribution in [0.3, 0.4) is 0 Å². The zero-order chi connectivity index (χ0) is 21.2. The van der Waals surface area contributed by atoms with Crippen molar-refractivity contribution in [2.75, 3.05) is 5.32 Å². The van der Waals surface area contributed by atoms with Gasteiger partial charge in [0, 0.05) is 10.0 Å². The number of alkyl halides is 3. The summed E-state index contributed by atoms with van der Waals surface area (Å²) in [4.78, 5) is 12.5. The molecule has 0 spiro atoms. The third-order valence-corrected chi connectivity index (χ3v) is 5.19. The largest absolute Gasteiger partial charge is 0.418 e. The number of halogens is 5. The van der Waals surface area contributed by atoms with Crippen molar-refractivity contribution in [3.8, 4) is 5.69 Å². The van der Waals surface area contributed by atoms with Gasteiger partial charge in [0.1, 0.15) is 0 Å². The lowest BCUT2D eigenvalue weighted by Crippen LogP contribution is -2.24. The second-order valence-corrected chi connectivity index (χ2v) is 7.97. The molecule has 6 nitrogen and oxygen atoms in total. The molecule has 0 saturated carbocycles. The summed E-state index contributed by atoms with van der Waals surface area (Å²) in [7, 11) is 0. The van der Waals surface area contributed by atoms with Crippen LogP contribution in [0.1, 0.15) is 12.5 Å². The van der Waals surface area contributed by atoms with Crippen molar-refractivity contribution < 1.29 is 18.0 Å². The fraction of sp³-hybridized carbons (Fsp3) is 0.176. The first kappa shape index (κ1) is 21.4. The SMILES string of the molecule is CC(Sc1nnnn1-c1cccc(Cl)c1)C(=O)Nc1ccc(Cl)cc1C(F)(F)F. The van der Waals surface area contributed by atoms with Gasteiger partial charge in [0.2, 0.25) is 11.1 Å². The maximum Gasteiger partial charge on any atom is 0.418 e. The number of tetrazole rings is 1. The van der Waals surface area contributed by atoms with E-state index in [0.717, 1.165) is 23.9 Å². The van der Waals surface area contributed by atoms with Crippen molar-refractivity contribution in [2.45, 2.75) is 23.5 Å². The van der Waals surface area contributed by atoms with Gasteiger partial charge in [-0.1, -0.05) is 41.0 Å². The molecular weight excluding hydrogens is 450 g/mol. The van der Waals surface area contributed by atoms with Crippen LogP contribution in [0.2, 0.25) is 10.0 Å². The standard InChI is InChI=1S/C17H12Cl2F3N5OS/c1-9(15(28)23-14-6-5-11(19)8-13(14)17(20,21)22)29-16-24-25-26-27(16)12-4-2-3-10(18)7-12/h2-9H,1H3,(H,23,28). The van der Waals surface area contributed by atoms with Crippen LogP contribution in [0.4, 0.5) is 18.9 Å². The molecule has 12 heteroatoms. The van der Waals surface area contributed by atoms with E-state index in [2.05, 4.69) is 20.8 Å². The van der Waals surface area contributed by atoms with Crippen LogP contribution < -0.4 is 5.32 Å². The number of carbonyl (C=O) groups excluding carboxylic acids is 1. The number of amides is 1. The van der Waals surface area contributed by atoms with E-state index < -0.39 is 22.9 Å². The highest BCUT2D eigenvalue weighted by molar-refractivity contribution is 8.00. The van der Waals surface area contributed by atoms with Gasteiger partial charge in [-0.3, -0.25) is 4.79 Å². The summed E-state index contributed by atoms with van der Waals surface area (Å²) >= 11 is 12.6. The molecule has 1 heterocycles. The van der Waals surface area contributed by atoms with Crippen LogP contribution in [0, 0.1) is 0 Å². The molecule has 1 amide bonds. The Hall–Kier alpha value is -2.30. The lowest BCUT2D eigenvalue weighted by atomic mass is 10.1. The molecule has 0 radical (unpaired) electrons. The van der Waals surface area contributed by atoms with Gasteiger partial charge in [-0.15, -0.1) is 5.10 Å². The monoisotopic (exact) mass is 461 g/mol. The van der Waals surface area contributed by atoms with Crippen LogP contribution in [0.25, 0.3) is 5.69 Å². The molecule has 2 aromatic carbocycles. The Morgan fingerprint density at radius 1 is 1.17 bits per heavy atom. The number of benzene rings is 2. The Morgan fingerprint density at radius 2 is 1.90 bits per heavy atom. The normalized spacial score (nSPS) is 12.6. The van der Waals surface area contributed by atoms with Gasteiger partial charge in [0.25, 0.3) is 0 Å². The van der Waals surface area contributed by atoms with Crippen molar-refractivity contribution in [1.82, 2.24) is 20.2 Å². The van der Waals surface area contributed by atoms with Crippen molar-refractivity contribution in [2.24, 2.45) is 0 Å². The first-order chi connectivity index (χ1) is 13.6. The molecule has 1 atom stereocenters. The Balaban J connectivity index is 1.78. The van der Waals surface area contributed by atoms with Crippen molar-refractivity contribution in [3.05, 3.63) is 58.1 Å². The average Bonchev–Trinajstić information content (AvgIpc) is 3.10. The number of nitrogens with one attached hydrogen (secondary N) is 1. The van der Waals surface area contributed by atoms with Gasteiger partial charge < -0.3 is 5.32 Å². The summed E-state index contributed by atoms with van der Waals surface area (Å²) in [5.74, 6) is -0.650. The Labute approximate surface area is 177 Å². The smallest absolute Gasteiger partial charge is 0.325 e. The van der Waals surface area contributed by atoms with E-state index in [1.54, 1.807) is 24.3 Å². The van der Waals surface area contributed by atoms with Gasteiger partial charge in [-0.25, -0.2) is 0 Å². The van der Waals surface area contributed by atoms with E-state index in [4.69, 9.17) is 23.2 Å². The van der Waals surface area contributed by atoms with Crippen LogP contribution in [-0.2, 0) is 11.0 Å². The van der Waals surface area contributed by atoms with E-state index in [-0.39, 0.29) is 15.9 Å². The second kappa shape index (κ2) is 8.60. The van der Waals surface area contributed by atoms with Gasteiger partial charge in [0.15, 0.2) is 0 Å². The van der Waals surface area contributed by atoms with E-state index in [1.807, 2.05) is 0 Å². The summed E-state index contributed by atoms with van der Waals surface area (Å²) in [6.07, 6.45) is -4.67. The average molecular weight is 462 g/mol. The molecule has 0 aliphatic carbocycles. The number of aromatic nitrogens is 4. The number of rotatable bonds is 5. The molecule has 0 aliphatic heterocycles.